The van der Waals surface area contributed by atoms with Gasteiger partial charge in [0.2, 0.25) is 0 Å². The number of carbonyl (C=O) groups is 1. The molecule has 0 spiro atoms. The molecule has 1 heterocycles. The monoisotopic (exact) mass is 262 g/mol. The Balaban J connectivity index is 2.31. The van der Waals surface area contributed by atoms with Crippen molar-refractivity contribution in [2.24, 2.45) is 0 Å². The van der Waals surface area contributed by atoms with Gasteiger partial charge in [-0.25, -0.2) is 13.2 Å². The van der Waals surface area contributed by atoms with E-state index in [4.69, 9.17) is 0 Å². The first-order valence-electron chi connectivity index (χ1n) is 6.13. The molecule has 1 atom stereocenters. The lowest BCUT2D eigenvalue weighted by Crippen LogP contribution is -2.51. The third kappa shape index (κ3) is 4.93. The Hall–Kier alpha value is -0.780. The topological polar surface area (TPSA) is 75.3 Å². The number of hydrogen-bond acceptors (Lipinski definition) is 3. The second kappa shape index (κ2) is 5.71. The quantitative estimate of drug-likeness (QED) is 0.727. The van der Waals surface area contributed by atoms with Crippen LogP contribution in [0.3, 0.4) is 0 Å². The average Bonchev–Trinajstić information content (AvgIpc) is 2.47. The lowest BCUT2D eigenvalue weighted by atomic mass is 10.0. The van der Waals surface area contributed by atoms with E-state index >= 15 is 0 Å². The van der Waals surface area contributed by atoms with Gasteiger partial charge in [0.1, 0.15) is 0 Å². The van der Waals surface area contributed by atoms with Crippen molar-refractivity contribution in [1.82, 2.24) is 10.6 Å². The van der Waals surface area contributed by atoms with Gasteiger partial charge in [0.25, 0.3) is 0 Å². The van der Waals surface area contributed by atoms with Gasteiger partial charge in [-0.15, -0.1) is 0 Å². The Morgan fingerprint density at radius 3 is 2.59 bits per heavy atom. The molecule has 0 aromatic rings. The van der Waals surface area contributed by atoms with Crippen molar-refractivity contribution in [1.29, 1.82) is 0 Å². The van der Waals surface area contributed by atoms with E-state index in [1.54, 1.807) is 6.92 Å². The molecular weight excluding hydrogens is 240 g/mol. The standard InChI is InChI=1S/C11H22N2O3S/c1-3-4-5-7-12-10(14)13-11(2)6-8-17(15,16)9-11/h3-9H2,1-2H3,(H2,12,13,14)/t11-/m1/s1. The summed E-state index contributed by atoms with van der Waals surface area (Å²) in [6, 6.07) is -0.263. The first-order chi connectivity index (χ1) is 7.87. The van der Waals surface area contributed by atoms with Crippen LogP contribution in [0.5, 0.6) is 0 Å². The SMILES string of the molecule is CCCCCNC(=O)N[C@]1(C)CCS(=O)(=O)C1. The summed E-state index contributed by atoms with van der Waals surface area (Å²) in [4.78, 5) is 11.6. The van der Waals surface area contributed by atoms with Gasteiger partial charge in [-0.2, -0.15) is 0 Å². The van der Waals surface area contributed by atoms with E-state index in [-0.39, 0.29) is 17.5 Å². The normalized spacial score (nSPS) is 26.7. The molecule has 0 aromatic heterocycles. The van der Waals surface area contributed by atoms with E-state index in [9.17, 15) is 13.2 Å². The van der Waals surface area contributed by atoms with E-state index in [1.165, 1.54) is 0 Å². The summed E-state index contributed by atoms with van der Waals surface area (Å²) in [6.07, 6.45) is 3.65. The number of amides is 2. The summed E-state index contributed by atoms with van der Waals surface area (Å²) >= 11 is 0. The lowest BCUT2D eigenvalue weighted by molar-refractivity contribution is 0.230. The molecule has 17 heavy (non-hydrogen) atoms. The van der Waals surface area contributed by atoms with E-state index in [0.717, 1.165) is 19.3 Å². The highest BCUT2D eigenvalue weighted by molar-refractivity contribution is 7.91. The highest BCUT2D eigenvalue weighted by Gasteiger charge is 2.39. The highest BCUT2D eigenvalue weighted by atomic mass is 32.2. The molecule has 0 saturated carbocycles. The Morgan fingerprint density at radius 1 is 1.35 bits per heavy atom. The fourth-order valence-electron chi connectivity index (χ4n) is 2.00. The summed E-state index contributed by atoms with van der Waals surface area (Å²) < 4.78 is 22.7. The van der Waals surface area contributed by atoms with Crippen LogP contribution in [-0.2, 0) is 9.84 Å². The minimum Gasteiger partial charge on any atom is -0.338 e. The molecule has 100 valence electrons. The predicted octanol–water partition coefficient (Wildman–Crippen LogP) is 1.05. The van der Waals surface area contributed by atoms with Crippen molar-refractivity contribution in [3.8, 4) is 0 Å². The van der Waals surface area contributed by atoms with E-state index in [1.807, 2.05) is 0 Å². The van der Waals surface area contributed by atoms with Crippen LogP contribution in [0.2, 0.25) is 0 Å². The molecule has 1 aliphatic rings. The van der Waals surface area contributed by atoms with Crippen molar-refractivity contribution >= 4 is 15.9 Å². The molecule has 2 amide bonds. The summed E-state index contributed by atoms with van der Waals surface area (Å²) in [7, 11) is -2.97. The van der Waals surface area contributed by atoms with Crippen molar-refractivity contribution < 1.29 is 13.2 Å². The fourth-order valence-corrected chi connectivity index (χ4v) is 4.10. The number of nitrogens with one attached hydrogen (secondary N) is 2. The first kappa shape index (κ1) is 14.3. The van der Waals surface area contributed by atoms with Crippen molar-refractivity contribution in [3.05, 3.63) is 0 Å². The number of carbonyl (C=O) groups excluding carboxylic acids is 1. The number of rotatable bonds is 5. The smallest absolute Gasteiger partial charge is 0.315 e. The maximum Gasteiger partial charge on any atom is 0.315 e. The van der Waals surface area contributed by atoms with Crippen LogP contribution < -0.4 is 10.6 Å². The molecule has 1 aliphatic heterocycles. The molecule has 0 aliphatic carbocycles. The van der Waals surface area contributed by atoms with Crippen LogP contribution in [0, 0.1) is 0 Å². The maximum absolute atomic E-state index is 11.6. The number of sulfone groups is 1. The van der Waals surface area contributed by atoms with Crippen LogP contribution in [0.4, 0.5) is 4.79 Å². The predicted molar refractivity (Wildman–Crippen MR) is 67.7 cm³/mol. The summed E-state index contributed by atoms with van der Waals surface area (Å²) in [5.74, 6) is 0.210. The Labute approximate surface area is 103 Å². The highest BCUT2D eigenvalue weighted by Crippen LogP contribution is 2.22. The van der Waals surface area contributed by atoms with Gasteiger partial charge in [-0.1, -0.05) is 19.8 Å². The average molecular weight is 262 g/mol. The van der Waals surface area contributed by atoms with Gasteiger partial charge in [0, 0.05) is 6.54 Å². The molecule has 0 bridgehead atoms. The lowest BCUT2D eigenvalue weighted by Gasteiger charge is -2.23. The third-order valence-corrected chi connectivity index (χ3v) is 4.89. The van der Waals surface area contributed by atoms with Crippen LogP contribution in [-0.4, -0.2) is 38.0 Å². The van der Waals surface area contributed by atoms with Crippen molar-refractivity contribution in [2.45, 2.75) is 45.1 Å². The zero-order valence-corrected chi connectivity index (χ0v) is 11.4. The van der Waals surface area contributed by atoms with Gasteiger partial charge >= 0.3 is 6.03 Å². The van der Waals surface area contributed by atoms with Crippen LogP contribution in [0.15, 0.2) is 0 Å². The molecule has 6 heteroatoms. The van der Waals surface area contributed by atoms with Crippen LogP contribution in [0.25, 0.3) is 0 Å². The molecule has 0 radical (unpaired) electrons. The zero-order chi connectivity index (χ0) is 12.9. The molecule has 0 unspecified atom stereocenters. The Bertz CT molecular complexity index is 367. The fraction of sp³-hybridized carbons (Fsp3) is 0.909. The number of urea groups is 1. The van der Waals surface area contributed by atoms with E-state index in [0.29, 0.717) is 13.0 Å². The van der Waals surface area contributed by atoms with Gasteiger partial charge in [-0.3, -0.25) is 0 Å². The molecule has 0 aromatic carbocycles. The molecule has 2 N–H and O–H groups in total. The summed E-state index contributed by atoms with van der Waals surface area (Å²) in [5.41, 5.74) is -0.603. The number of hydrogen-bond donors (Lipinski definition) is 2. The van der Waals surface area contributed by atoms with E-state index in [2.05, 4.69) is 17.6 Å². The minimum absolute atomic E-state index is 0.0440. The number of unbranched alkanes of at least 4 members (excludes halogenated alkanes) is 2. The Morgan fingerprint density at radius 2 is 2.06 bits per heavy atom. The third-order valence-electron chi connectivity index (χ3n) is 2.98. The molecule has 5 nitrogen and oxygen atoms in total. The van der Waals surface area contributed by atoms with E-state index < -0.39 is 15.4 Å². The maximum atomic E-state index is 11.6. The van der Waals surface area contributed by atoms with Gasteiger partial charge in [-0.05, 0) is 19.8 Å². The van der Waals surface area contributed by atoms with Crippen LogP contribution in [0.1, 0.15) is 39.5 Å². The van der Waals surface area contributed by atoms with Gasteiger partial charge in [0.15, 0.2) is 9.84 Å². The zero-order valence-electron chi connectivity index (χ0n) is 10.6. The van der Waals surface area contributed by atoms with Crippen molar-refractivity contribution in [3.63, 3.8) is 0 Å². The second-order valence-electron chi connectivity index (χ2n) is 4.99. The van der Waals surface area contributed by atoms with Crippen molar-refractivity contribution in [2.75, 3.05) is 18.1 Å². The largest absolute Gasteiger partial charge is 0.338 e. The summed E-state index contributed by atoms with van der Waals surface area (Å²) in [6.45, 7) is 4.52. The molecule has 1 fully saturated rings. The molecule has 1 rings (SSSR count). The Kier molecular flexibility index (Phi) is 4.80. The second-order valence-corrected chi connectivity index (χ2v) is 7.17. The first-order valence-corrected chi connectivity index (χ1v) is 7.95. The minimum atomic E-state index is -2.97. The van der Waals surface area contributed by atoms with Gasteiger partial charge in [0.05, 0.1) is 17.0 Å². The molecular formula is C11H22N2O3S. The van der Waals surface area contributed by atoms with Crippen LogP contribution >= 0.6 is 0 Å². The van der Waals surface area contributed by atoms with Gasteiger partial charge < -0.3 is 10.6 Å². The summed E-state index contributed by atoms with van der Waals surface area (Å²) in [5, 5.41) is 5.51. The molecule has 1 saturated heterocycles.